The predicted octanol–water partition coefficient (Wildman–Crippen LogP) is 3.92. The van der Waals surface area contributed by atoms with E-state index in [1.165, 1.54) is 25.3 Å². The van der Waals surface area contributed by atoms with Crippen LogP contribution in [0.15, 0.2) is 37.0 Å². The van der Waals surface area contributed by atoms with E-state index in [1.807, 2.05) is 18.2 Å². The fourth-order valence-electron chi connectivity index (χ4n) is 2.13. The Morgan fingerprint density at radius 3 is 2.68 bits per heavy atom. The van der Waals surface area contributed by atoms with Crippen molar-refractivity contribution in [2.75, 3.05) is 7.11 Å². The van der Waals surface area contributed by atoms with Gasteiger partial charge in [0.15, 0.2) is 0 Å². The summed E-state index contributed by atoms with van der Waals surface area (Å²) in [6.45, 7) is 3.43. The summed E-state index contributed by atoms with van der Waals surface area (Å²) in [6.07, 6.45) is 16.6. The van der Waals surface area contributed by atoms with Crippen molar-refractivity contribution < 1.29 is 14.3 Å². The Kier molecular flexibility index (Phi) is 7.19. The molecule has 0 N–H and O–H groups in total. The Morgan fingerprint density at radius 2 is 1.95 bits per heavy atom. The summed E-state index contributed by atoms with van der Waals surface area (Å²) in [6, 6.07) is 0. The molecule has 106 valence electrons. The van der Waals surface area contributed by atoms with Gasteiger partial charge in [-0.15, -0.1) is 0 Å². The van der Waals surface area contributed by atoms with Gasteiger partial charge in [-0.25, -0.2) is 4.79 Å². The summed E-state index contributed by atoms with van der Waals surface area (Å²) in [5.41, 5.74) is 0. The van der Waals surface area contributed by atoms with Gasteiger partial charge >= 0.3 is 5.97 Å². The lowest BCUT2D eigenvalue weighted by Gasteiger charge is -2.28. The minimum absolute atomic E-state index is 0.456. The molecule has 0 aromatic heterocycles. The third kappa shape index (κ3) is 5.88. The Hall–Kier alpha value is -1.35. The average Bonchev–Trinajstić information content (AvgIpc) is 2.42. The molecule has 1 aliphatic carbocycles. The second kappa shape index (κ2) is 8.70. The third-order valence-electron chi connectivity index (χ3n) is 3.28. The zero-order valence-electron chi connectivity index (χ0n) is 11.8. The van der Waals surface area contributed by atoms with Crippen molar-refractivity contribution in [1.82, 2.24) is 0 Å². The standard InChI is InChI=1S/C16H24O3/c1-3-15(17)19-16(18-2)13-11-9-7-5-4-6-8-10-12-14-16/h3,7,9,11,13H,1,4-6,8,10,12,14H2,2H3/b9-7-,13-11+. The van der Waals surface area contributed by atoms with Gasteiger partial charge in [0.2, 0.25) is 5.79 Å². The van der Waals surface area contributed by atoms with Crippen molar-refractivity contribution in [3.05, 3.63) is 37.0 Å². The van der Waals surface area contributed by atoms with Crippen molar-refractivity contribution >= 4 is 5.97 Å². The Balaban J connectivity index is 2.80. The monoisotopic (exact) mass is 264 g/mol. The SMILES string of the molecule is C=CC(=O)OC1(OC)/C=C/C=C\CCCCCCC1. The van der Waals surface area contributed by atoms with E-state index in [4.69, 9.17) is 9.47 Å². The molecule has 0 amide bonds. The maximum Gasteiger partial charge on any atom is 0.332 e. The largest absolute Gasteiger partial charge is 0.426 e. The van der Waals surface area contributed by atoms with Crippen molar-refractivity contribution in [2.24, 2.45) is 0 Å². The molecule has 19 heavy (non-hydrogen) atoms. The molecule has 0 aromatic rings. The maximum atomic E-state index is 11.4. The lowest BCUT2D eigenvalue weighted by Crippen LogP contribution is -2.34. The van der Waals surface area contributed by atoms with Crippen LogP contribution in [-0.2, 0) is 14.3 Å². The molecule has 1 rings (SSSR count). The summed E-state index contributed by atoms with van der Waals surface area (Å²) >= 11 is 0. The molecule has 0 saturated carbocycles. The van der Waals surface area contributed by atoms with E-state index in [9.17, 15) is 4.79 Å². The second-order valence-electron chi connectivity index (χ2n) is 4.73. The van der Waals surface area contributed by atoms with Gasteiger partial charge < -0.3 is 9.47 Å². The fraction of sp³-hybridized carbons (Fsp3) is 0.562. The summed E-state index contributed by atoms with van der Waals surface area (Å²) in [7, 11) is 1.57. The number of carbonyl (C=O) groups excluding carboxylic acids is 1. The van der Waals surface area contributed by atoms with E-state index in [2.05, 4.69) is 12.7 Å². The molecular formula is C16H24O3. The minimum atomic E-state index is -0.963. The normalized spacial score (nSPS) is 28.5. The number of hydrogen-bond donors (Lipinski definition) is 0. The molecule has 3 heteroatoms. The molecule has 1 unspecified atom stereocenters. The second-order valence-corrected chi connectivity index (χ2v) is 4.73. The molecule has 0 spiro atoms. The van der Waals surface area contributed by atoms with Gasteiger partial charge in [0.1, 0.15) is 0 Å². The van der Waals surface area contributed by atoms with Crippen LogP contribution in [0.2, 0.25) is 0 Å². The quantitative estimate of drug-likeness (QED) is 0.440. The van der Waals surface area contributed by atoms with Crippen LogP contribution in [0, 0.1) is 0 Å². The lowest BCUT2D eigenvalue weighted by molar-refractivity contribution is -0.198. The smallest absolute Gasteiger partial charge is 0.332 e. The van der Waals surface area contributed by atoms with Crippen LogP contribution < -0.4 is 0 Å². The number of allylic oxidation sites excluding steroid dienone is 3. The molecule has 0 fully saturated rings. The van der Waals surface area contributed by atoms with Crippen molar-refractivity contribution in [2.45, 2.75) is 50.7 Å². The van der Waals surface area contributed by atoms with E-state index < -0.39 is 11.8 Å². The summed E-state index contributed by atoms with van der Waals surface area (Å²) < 4.78 is 10.8. The topological polar surface area (TPSA) is 35.5 Å². The van der Waals surface area contributed by atoms with Crippen molar-refractivity contribution in [3.63, 3.8) is 0 Å². The van der Waals surface area contributed by atoms with Crippen LogP contribution in [0.1, 0.15) is 44.9 Å². The van der Waals surface area contributed by atoms with Gasteiger partial charge in [-0.05, 0) is 25.3 Å². The number of ether oxygens (including phenoxy) is 2. The molecule has 3 nitrogen and oxygen atoms in total. The zero-order valence-corrected chi connectivity index (χ0v) is 11.8. The van der Waals surface area contributed by atoms with E-state index in [0.717, 1.165) is 19.3 Å². The fourth-order valence-corrected chi connectivity index (χ4v) is 2.13. The highest BCUT2D eigenvalue weighted by molar-refractivity contribution is 5.81. The number of hydrogen-bond acceptors (Lipinski definition) is 3. The molecule has 0 radical (unpaired) electrons. The van der Waals surface area contributed by atoms with E-state index >= 15 is 0 Å². The van der Waals surface area contributed by atoms with Crippen LogP contribution in [0.5, 0.6) is 0 Å². The zero-order chi connectivity index (χ0) is 14.0. The van der Waals surface area contributed by atoms with Crippen molar-refractivity contribution in [3.8, 4) is 0 Å². The third-order valence-corrected chi connectivity index (χ3v) is 3.28. The Morgan fingerprint density at radius 1 is 1.21 bits per heavy atom. The molecular weight excluding hydrogens is 240 g/mol. The summed E-state index contributed by atoms with van der Waals surface area (Å²) in [5.74, 6) is -1.42. The summed E-state index contributed by atoms with van der Waals surface area (Å²) in [4.78, 5) is 11.4. The van der Waals surface area contributed by atoms with Crippen LogP contribution >= 0.6 is 0 Å². The molecule has 0 heterocycles. The number of methoxy groups -OCH3 is 1. The van der Waals surface area contributed by atoms with E-state index in [1.54, 1.807) is 7.11 Å². The molecule has 0 bridgehead atoms. The van der Waals surface area contributed by atoms with E-state index in [-0.39, 0.29) is 0 Å². The van der Waals surface area contributed by atoms with Crippen molar-refractivity contribution in [1.29, 1.82) is 0 Å². The minimum Gasteiger partial charge on any atom is -0.426 e. The molecule has 1 atom stereocenters. The first-order chi connectivity index (χ1) is 9.22. The highest BCUT2D eigenvalue weighted by Gasteiger charge is 2.30. The Bertz CT molecular complexity index is 344. The van der Waals surface area contributed by atoms with Crippen LogP contribution in [0.25, 0.3) is 0 Å². The average molecular weight is 264 g/mol. The van der Waals surface area contributed by atoms with Gasteiger partial charge in [-0.2, -0.15) is 0 Å². The number of carbonyl (C=O) groups is 1. The van der Waals surface area contributed by atoms with Crippen LogP contribution in [0.3, 0.4) is 0 Å². The Labute approximate surface area is 116 Å². The highest BCUT2D eigenvalue weighted by atomic mass is 16.7. The highest BCUT2D eigenvalue weighted by Crippen LogP contribution is 2.24. The van der Waals surface area contributed by atoms with E-state index in [0.29, 0.717) is 6.42 Å². The van der Waals surface area contributed by atoms with Crippen LogP contribution in [-0.4, -0.2) is 18.9 Å². The maximum absolute atomic E-state index is 11.4. The predicted molar refractivity (Wildman–Crippen MR) is 76.6 cm³/mol. The van der Waals surface area contributed by atoms with Gasteiger partial charge in [0.25, 0.3) is 0 Å². The van der Waals surface area contributed by atoms with Gasteiger partial charge in [0, 0.05) is 19.6 Å². The first-order valence-corrected chi connectivity index (χ1v) is 6.97. The van der Waals surface area contributed by atoms with Crippen LogP contribution in [0.4, 0.5) is 0 Å². The molecule has 1 aliphatic rings. The first kappa shape index (κ1) is 15.7. The summed E-state index contributed by atoms with van der Waals surface area (Å²) in [5, 5.41) is 0. The molecule has 0 aliphatic heterocycles. The van der Waals surface area contributed by atoms with Gasteiger partial charge in [0.05, 0.1) is 0 Å². The van der Waals surface area contributed by atoms with Gasteiger partial charge in [-0.3, -0.25) is 0 Å². The lowest BCUT2D eigenvalue weighted by atomic mass is 10.0. The van der Waals surface area contributed by atoms with Gasteiger partial charge in [-0.1, -0.05) is 44.1 Å². The molecule has 0 aromatic carbocycles. The first-order valence-electron chi connectivity index (χ1n) is 6.97. The number of esters is 1. The number of rotatable bonds is 3. The molecule has 0 saturated heterocycles.